The lowest BCUT2D eigenvalue weighted by Crippen LogP contribution is -2.30. The number of aromatic nitrogens is 3. The quantitative estimate of drug-likeness (QED) is 0.696. The number of pyridine rings is 1. The summed E-state index contributed by atoms with van der Waals surface area (Å²) >= 11 is 0. The third-order valence-electron chi connectivity index (χ3n) is 3.30. The number of carbonyl (C=O) groups excluding carboxylic acids is 1. The lowest BCUT2D eigenvalue weighted by Gasteiger charge is -2.06. The molecule has 1 amide bonds. The van der Waals surface area contributed by atoms with Crippen molar-refractivity contribution in [2.75, 3.05) is 0 Å². The molecule has 2 aromatic heterocycles. The molecule has 10 heteroatoms. The van der Waals surface area contributed by atoms with E-state index in [1.54, 1.807) is 24.4 Å². The molecule has 26 heavy (non-hydrogen) atoms. The summed E-state index contributed by atoms with van der Waals surface area (Å²) in [6, 6.07) is 9.36. The molecule has 0 radical (unpaired) electrons. The zero-order valence-corrected chi connectivity index (χ0v) is 14.1. The van der Waals surface area contributed by atoms with Gasteiger partial charge in [-0.25, -0.2) is 17.5 Å². The lowest BCUT2D eigenvalue weighted by atomic mass is 10.3. The second kappa shape index (κ2) is 7.40. The predicted molar refractivity (Wildman–Crippen MR) is 87.6 cm³/mol. The molecule has 0 aliphatic carbocycles. The molecule has 1 aromatic carbocycles. The first-order valence-electron chi connectivity index (χ1n) is 7.49. The van der Waals surface area contributed by atoms with E-state index >= 15 is 0 Å². The van der Waals surface area contributed by atoms with Gasteiger partial charge in [0.25, 0.3) is 10.0 Å². The Kier molecular flexibility index (Phi) is 5.03. The molecule has 3 rings (SSSR count). The largest absolute Gasteiger partial charge is 0.339 e. The average Bonchev–Trinajstić information content (AvgIpc) is 3.10. The van der Waals surface area contributed by atoms with Gasteiger partial charge in [-0.15, -0.1) is 0 Å². The number of nitrogens with zero attached hydrogens (tertiary/aromatic N) is 3. The van der Waals surface area contributed by atoms with Crippen LogP contribution in [0.2, 0.25) is 0 Å². The summed E-state index contributed by atoms with van der Waals surface area (Å²) in [5.74, 6) is -0.859. The Morgan fingerprint density at radius 2 is 1.92 bits per heavy atom. The average molecular weight is 376 g/mol. The van der Waals surface area contributed by atoms with Crippen molar-refractivity contribution in [3.05, 3.63) is 60.4 Å². The zero-order chi connectivity index (χ0) is 18.6. The van der Waals surface area contributed by atoms with Crippen molar-refractivity contribution in [3.8, 4) is 11.5 Å². The van der Waals surface area contributed by atoms with Gasteiger partial charge >= 0.3 is 0 Å². The Morgan fingerprint density at radius 1 is 1.15 bits per heavy atom. The fourth-order valence-electron chi connectivity index (χ4n) is 2.05. The summed E-state index contributed by atoms with van der Waals surface area (Å²) in [6.07, 6.45) is 1.47. The number of nitrogens with one attached hydrogen (secondary N) is 1. The summed E-state index contributed by atoms with van der Waals surface area (Å²) in [5, 5.41) is 3.76. The molecule has 0 saturated carbocycles. The predicted octanol–water partition coefficient (Wildman–Crippen LogP) is 1.71. The van der Waals surface area contributed by atoms with Crippen LogP contribution in [0.15, 0.2) is 58.1 Å². The molecule has 0 spiro atoms. The van der Waals surface area contributed by atoms with Crippen molar-refractivity contribution in [2.45, 2.75) is 17.7 Å². The molecule has 2 heterocycles. The number of aryl methyl sites for hydroxylation is 1. The molecule has 8 nitrogen and oxygen atoms in total. The Bertz CT molecular complexity index is 1000. The van der Waals surface area contributed by atoms with E-state index in [2.05, 4.69) is 15.1 Å². The van der Waals surface area contributed by atoms with Crippen LogP contribution in [0.4, 0.5) is 4.39 Å². The molecular formula is C16H13FN4O4S. The van der Waals surface area contributed by atoms with E-state index in [1.807, 2.05) is 4.72 Å². The van der Waals surface area contributed by atoms with Gasteiger partial charge in [-0.2, -0.15) is 4.98 Å². The third kappa shape index (κ3) is 4.28. The smallest absolute Gasteiger partial charge is 0.264 e. The fourth-order valence-corrected chi connectivity index (χ4v) is 3.06. The maximum atomic E-state index is 12.9. The molecule has 0 aliphatic heterocycles. The number of halogens is 1. The maximum Gasteiger partial charge on any atom is 0.264 e. The Balaban J connectivity index is 1.59. The number of rotatable bonds is 6. The number of hydrogen-bond donors (Lipinski definition) is 1. The summed E-state index contributed by atoms with van der Waals surface area (Å²) in [6.45, 7) is 0. The van der Waals surface area contributed by atoms with Gasteiger partial charge < -0.3 is 4.52 Å². The highest BCUT2D eigenvalue weighted by Gasteiger charge is 2.18. The van der Waals surface area contributed by atoms with Gasteiger partial charge in [-0.1, -0.05) is 11.2 Å². The van der Waals surface area contributed by atoms with Crippen LogP contribution in [0.3, 0.4) is 0 Å². The molecular weight excluding hydrogens is 363 g/mol. The molecule has 0 aliphatic rings. The molecule has 1 N–H and O–H groups in total. The Morgan fingerprint density at radius 3 is 2.62 bits per heavy atom. The van der Waals surface area contributed by atoms with Gasteiger partial charge in [-0.3, -0.25) is 9.78 Å². The number of sulfonamides is 1. The van der Waals surface area contributed by atoms with Crippen LogP contribution in [-0.4, -0.2) is 29.4 Å². The van der Waals surface area contributed by atoms with Crippen LogP contribution in [0.1, 0.15) is 12.3 Å². The highest BCUT2D eigenvalue weighted by Crippen LogP contribution is 2.13. The first-order chi connectivity index (χ1) is 12.4. The molecule has 3 aromatic rings. The Hall–Kier alpha value is -3.14. The van der Waals surface area contributed by atoms with Crippen molar-refractivity contribution in [1.82, 2.24) is 19.8 Å². The van der Waals surface area contributed by atoms with Crippen LogP contribution in [-0.2, 0) is 21.2 Å². The maximum absolute atomic E-state index is 12.9. The van der Waals surface area contributed by atoms with Gasteiger partial charge in [0.1, 0.15) is 11.5 Å². The van der Waals surface area contributed by atoms with Crippen LogP contribution in [0, 0.1) is 5.82 Å². The third-order valence-corrected chi connectivity index (χ3v) is 4.69. The first-order valence-corrected chi connectivity index (χ1v) is 8.97. The van der Waals surface area contributed by atoms with Gasteiger partial charge in [0.15, 0.2) is 0 Å². The van der Waals surface area contributed by atoms with Crippen LogP contribution >= 0.6 is 0 Å². The highest BCUT2D eigenvalue weighted by molar-refractivity contribution is 7.90. The topological polar surface area (TPSA) is 115 Å². The summed E-state index contributed by atoms with van der Waals surface area (Å²) in [7, 11) is -4.06. The van der Waals surface area contributed by atoms with Crippen molar-refractivity contribution in [3.63, 3.8) is 0 Å². The van der Waals surface area contributed by atoms with Crippen molar-refractivity contribution >= 4 is 15.9 Å². The molecule has 0 atom stereocenters. The van der Waals surface area contributed by atoms with Crippen molar-refractivity contribution in [2.24, 2.45) is 0 Å². The molecule has 0 bridgehead atoms. The summed E-state index contributed by atoms with van der Waals surface area (Å²) in [5.41, 5.74) is 0.519. The van der Waals surface area contributed by atoms with Crippen LogP contribution < -0.4 is 4.72 Å². The van der Waals surface area contributed by atoms with Crippen LogP contribution in [0.5, 0.6) is 0 Å². The minimum atomic E-state index is -4.06. The second-order valence-electron chi connectivity index (χ2n) is 5.21. The van der Waals surface area contributed by atoms with E-state index < -0.39 is 21.7 Å². The number of amides is 1. The standard InChI is InChI=1S/C16H13FN4O4S/c17-11-4-6-12(7-5-11)26(23,24)21-14(22)8-9-15-19-16(20-25-15)13-3-1-2-10-18-13/h1-7,10H,8-9H2,(H,21,22). The van der Waals surface area contributed by atoms with Gasteiger partial charge in [0.2, 0.25) is 17.6 Å². The minimum Gasteiger partial charge on any atom is -0.339 e. The van der Waals surface area contributed by atoms with Gasteiger partial charge in [0, 0.05) is 19.0 Å². The molecule has 0 fully saturated rings. The number of benzene rings is 1. The van der Waals surface area contributed by atoms with E-state index in [0.29, 0.717) is 5.69 Å². The molecule has 0 saturated heterocycles. The monoisotopic (exact) mass is 376 g/mol. The fraction of sp³-hybridized carbons (Fsp3) is 0.125. The molecule has 134 valence electrons. The van der Waals surface area contributed by atoms with Crippen molar-refractivity contribution < 1.29 is 22.1 Å². The summed E-state index contributed by atoms with van der Waals surface area (Å²) in [4.78, 5) is 19.9. The van der Waals surface area contributed by atoms with Crippen LogP contribution in [0.25, 0.3) is 11.5 Å². The van der Waals surface area contributed by atoms with E-state index in [4.69, 9.17) is 4.52 Å². The zero-order valence-electron chi connectivity index (χ0n) is 13.3. The van der Waals surface area contributed by atoms with E-state index in [-0.39, 0.29) is 29.5 Å². The Labute approximate surface area is 148 Å². The highest BCUT2D eigenvalue weighted by atomic mass is 32.2. The molecule has 0 unspecified atom stereocenters. The normalized spacial score (nSPS) is 11.3. The lowest BCUT2D eigenvalue weighted by molar-refractivity contribution is -0.119. The first kappa shape index (κ1) is 17.7. The van der Waals surface area contributed by atoms with Gasteiger partial charge in [0.05, 0.1) is 4.90 Å². The summed E-state index contributed by atoms with van der Waals surface area (Å²) < 4.78 is 43.9. The number of hydrogen-bond acceptors (Lipinski definition) is 7. The van der Waals surface area contributed by atoms with E-state index in [0.717, 1.165) is 24.3 Å². The second-order valence-corrected chi connectivity index (χ2v) is 6.89. The SMILES string of the molecule is O=C(CCc1nc(-c2ccccn2)no1)NS(=O)(=O)c1ccc(F)cc1. The number of carbonyl (C=O) groups is 1. The van der Waals surface area contributed by atoms with Crippen molar-refractivity contribution in [1.29, 1.82) is 0 Å². The van der Waals surface area contributed by atoms with Gasteiger partial charge in [-0.05, 0) is 36.4 Å². The van der Waals surface area contributed by atoms with E-state index in [9.17, 15) is 17.6 Å². The van der Waals surface area contributed by atoms with E-state index in [1.165, 1.54) is 0 Å². The minimum absolute atomic E-state index is 0.0601.